The van der Waals surface area contributed by atoms with E-state index in [-0.39, 0.29) is 5.02 Å². The van der Waals surface area contributed by atoms with Crippen LogP contribution in [0.5, 0.6) is 5.88 Å². The van der Waals surface area contributed by atoms with Crippen molar-refractivity contribution in [3.63, 3.8) is 0 Å². The number of pyridine rings is 1. The van der Waals surface area contributed by atoms with Crippen molar-refractivity contribution in [3.8, 4) is 5.88 Å². The van der Waals surface area contributed by atoms with Gasteiger partial charge in [0.15, 0.2) is 0 Å². The summed E-state index contributed by atoms with van der Waals surface area (Å²) < 4.78 is 41.1. The number of halogens is 4. The standard InChI is InChI=1S/C7H5ClF3NO/c1-13-6-5(7(9,10)11)2-4(8)3-12-6/h2-3H,1H3. The van der Waals surface area contributed by atoms with Crippen molar-refractivity contribution in [2.24, 2.45) is 0 Å². The van der Waals surface area contributed by atoms with Gasteiger partial charge in [-0.2, -0.15) is 13.2 Å². The minimum Gasteiger partial charge on any atom is -0.481 e. The van der Waals surface area contributed by atoms with E-state index >= 15 is 0 Å². The number of aromatic nitrogens is 1. The van der Waals surface area contributed by atoms with Crippen molar-refractivity contribution in [2.75, 3.05) is 7.11 Å². The van der Waals surface area contributed by atoms with Gasteiger partial charge in [-0.3, -0.25) is 0 Å². The molecule has 1 aromatic rings. The van der Waals surface area contributed by atoms with E-state index in [0.717, 1.165) is 19.4 Å². The van der Waals surface area contributed by atoms with Crippen molar-refractivity contribution in [1.29, 1.82) is 0 Å². The first-order valence-corrected chi connectivity index (χ1v) is 3.59. The van der Waals surface area contributed by atoms with E-state index in [0.29, 0.717) is 0 Å². The van der Waals surface area contributed by atoms with Crippen LogP contribution in [0.15, 0.2) is 12.3 Å². The van der Waals surface area contributed by atoms with E-state index in [4.69, 9.17) is 11.6 Å². The molecule has 0 fully saturated rings. The van der Waals surface area contributed by atoms with Gasteiger partial charge in [0, 0.05) is 6.20 Å². The van der Waals surface area contributed by atoms with Gasteiger partial charge in [-0.25, -0.2) is 4.98 Å². The third kappa shape index (κ3) is 2.24. The second-order valence-electron chi connectivity index (χ2n) is 2.21. The molecular formula is C7H5ClF3NO. The molecule has 0 unspecified atom stereocenters. The average Bonchev–Trinajstić information content (AvgIpc) is 2.03. The molecular weight excluding hydrogens is 207 g/mol. The van der Waals surface area contributed by atoms with Crippen LogP contribution in [0.1, 0.15) is 5.56 Å². The fourth-order valence-electron chi connectivity index (χ4n) is 0.792. The average molecular weight is 212 g/mol. The van der Waals surface area contributed by atoms with E-state index < -0.39 is 17.6 Å². The van der Waals surface area contributed by atoms with Crippen molar-refractivity contribution in [2.45, 2.75) is 6.18 Å². The Labute approximate surface area is 77.3 Å². The summed E-state index contributed by atoms with van der Waals surface area (Å²) in [7, 11) is 1.12. The summed E-state index contributed by atoms with van der Waals surface area (Å²) in [4.78, 5) is 3.39. The van der Waals surface area contributed by atoms with Crippen molar-refractivity contribution >= 4 is 11.6 Å². The highest BCUT2D eigenvalue weighted by Gasteiger charge is 2.35. The van der Waals surface area contributed by atoms with Crippen LogP contribution in [-0.2, 0) is 6.18 Å². The molecule has 0 aliphatic heterocycles. The Morgan fingerprint density at radius 2 is 2.08 bits per heavy atom. The Balaban J connectivity index is 3.24. The summed E-state index contributed by atoms with van der Waals surface area (Å²) in [5, 5.41) is -0.0758. The minimum absolute atomic E-state index is 0.0758. The monoisotopic (exact) mass is 211 g/mol. The number of rotatable bonds is 1. The van der Waals surface area contributed by atoms with Crippen LogP contribution in [-0.4, -0.2) is 12.1 Å². The number of alkyl halides is 3. The number of ether oxygens (including phenoxy) is 1. The van der Waals surface area contributed by atoms with Gasteiger partial charge in [-0.15, -0.1) is 0 Å². The third-order valence-electron chi connectivity index (χ3n) is 1.32. The molecule has 2 nitrogen and oxygen atoms in total. The maximum absolute atomic E-state index is 12.2. The van der Waals surface area contributed by atoms with E-state index in [1.165, 1.54) is 0 Å². The topological polar surface area (TPSA) is 22.1 Å². The highest BCUT2D eigenvalue weighted by molar-refractivity contribution is 6.30. The van der Waals surface area contributed by atoms with Crippen molar-refractivity contribution in [3.05, 3.63) is 22.8 Å². The van der Waals surface area contributed by atoms with Crippen LogP contribution in [0.4, 0.5) is 13.2 Å². The molecule has 13 heavy (non-hydrogen) atoms. The number of hydrogen-bond acceptors (Lipinski definition) is 2. The Bertz CT molecular complexity index is 313. The lowest BCUT2D eigenvalue weighted by Crippen LogP contribution is -2.08. The van der Waals surface area contributed by atoms with E-state index in [1.54, 1.807) is 0 Å². The lowest BCUT2D eigenvalue weighted by Gasteiger charge is -2.10. The lowest BCUT2D eigenvalue weighted by molar-refractivity contribution is -0.139. The molecule has 0 N–H and O–H groups in total. The lowest BCUT2D eigenvalue weighted by atomic mass is 10.2. The highest BCUT2D eigenvalue weighted by atomic mass is 35.5. The van der Waals surface area contributed by atoms with Crippen LogP contribution in [0.25, 0.3) is 0 Å². The molecule has 1 rings (SSSR count). The quantitative estimate of drug-likeness (QED) is 0.713. The molecule has 0 aliphatic carbocycles. The zero-order chi connectivity index (χ0) is 10.1. The van der Waals surface area contributed by atoms with Gasteiger partial charge in [0.25, 0.3) is 0 Å². The van der Waals surface area contributed by atoms with Crippen LogP contribution in [0.3, 0.4) is 0 Å². The molecule has 0 bridgehead atoms. The van der Waals surface area contributed by atoms with Gasteiger partial charge < -0.3 is 4.74 Å². The molecule has 0 saturated carbocycles. The van der Waals surface area contributed by atoms with E-state index in [2.05, 4.69) is 9.72 Å². The second-order valence-corrected chi connectivity index (χ2v) is 2.64. The molecule has 0 radical (unpaired) electrons. The first-order chi connectivity index (χ1) is 5.95. The third-order valence-corrected chi connectivity index (χ3v) is 1.52. The first-order valence-electron chi connectivity index (χ1n) is 3.22. The zero-order valence-electron chi connectivity index (χ0n) is 6.52. The Morgan fingerprint density at radius 3 is 2.54 bits per heavy atom. The van der Waals surface area contributed by atoms with Gasteiger partial charge in [0.2, 0.25) is 5.88 Å². The number of methoxy groups -OCH3 is 1. The van der Waals surface area contributed by atoms with Gasteiger partial charge >= 0.3 is 6.18 Å². The summed E-state index contributed by atoms with van der Waals surface area (Å²) in [5.74, 6) is -0.475. The SMILES string of the molecule is COc1ncc(Cl)cc1C(F)(F)F. The van der Waals surface area contributed by atoms with Gasteiger partial charge in [-0.1, -0.05) is 11.6 Å². The largest absolute Gasteiger partial charge is 0.481 e. The molecule has 0 atom stereocenters. The second kappa shape index (κ2) is 3.41. The maximum atomic E-state index is 12.2. The Kier molecular flexibility index (Phi) is 2.66. The molecule has 6 heteroatoms. The van der Waals surface area contributed by atoms with Gasteiger partial charge in [0.05, 0.1) is 12.1 Å². The zero-order valence-corrected chi connectivity index (χ0v) is 7.28. The molecule has 1 aromatic heterocycles. The Hall–Kier alpha value is -0.970. The number of nitrogens with zero attached hydrogens (tertiary/aromatic N) is 1. The normalized spacial score (nSPS) is 11.5. The minimum atomic E-state index is -4.50. The van der Waals surface area contributed by atoms with Gasteiger partial charge in [0.1, 0.15) is 5.56 Å². The summed E-state index contributed by atoms with van der Waals surface area (Å²) in [6, 6.07) is 0.771. The molecule has 72 valence electrons. The Morgan fingerprint density at radius 1 is 1.46 bits per heavy atom. The number of hydrogen-bond donors (Lipinski definition) is 0. The molecule has 0 amide bonds. The van der Waals surface area contributed by atoms with E-state index in [9.17, 15) is 13.2 Å². The van der Waals surface area contributed by atoms with E-state index in [1.807, 2.05) is 0 Å². The molecule has 0 aliphatic rings. The molecule has 0 aromatic carbocycles. The summed E-state index contributed by atoms with van der Waals surface area (Å²) in [6.07, 6.45) is -3.40. The predicted octanol–water partition coefficient (Wildman–Crippen LogP) is 2.76. The van der Waals surface area contributed by atoms with Crippen LogP contribution < -0.4 is 4.74 Å². The molecule has 1 heterocycles. The molecule has 0 spiro atoms. The maximum Gasteiger partial charge on any atom is 0.421 e. The van der Waals surface area contributed by atoms with Gasteiger partial charge in [-0.05, 0) is 6.07 Å². The fourth-order valence-corrected chi connectivity index (χ4v) is 0.950. The van der Waals surface area contributed by atoms with Crippen molar-refractivity contribution < 1.29 is 17.9 Å². The fraction of sp³-hybridized carbons (Fsp3) is 0.286. The smallest absolute Gasteiger partial charge is 0.421 e. The highest BCUT2D eigenvalue weighted by Crippen LogP contribution is 2.35. The van der Waals surface area contributed by atoms with Crippen LogP contribution >= 0.6 is 11.6 Å². The first kappa shape index (κ1) is 10.1. The van der Waals surface area contributed by atoms with Crippen molar-refractivity contribution in [1.82, 2.24) is 4.98 Å². The summed E-state index contributed by atoms with van der Waals surface area (Å²) >= 11 is 5.36. The summed E-state index contributed by atoms with van der Waals surface area (Å²) in [5.41, 5.74) is -0.970. The summed E-state index contributed by atoms with van der Waals surface area (Å²) in [6.45, 7) is 0. The van der Waals surface area contributed by atoms with Crippen LogP contribution in [0.2, 0.25) is 5.02 Å². The predicted molar refractivity (Wildman–Crippen MR) is 40.8 cm³/mol. The molecule has 0 saturated heterocycles. The van der Waals surface area contributed by atoms with Crippen LogP contribution in [0, 0.1) is 0 Å².